The summed E-state index contributed by atoms with van der Waals surface area (Å²) in [7, 11) is 2.26. The van der Waals surface area contributed by atoms with E-state index in [1.165, 1.54) is 37.8 Å². The van der Waals surface area contributed by atoms with Crippen molar-refractivity contribution >= 4 is 0 Å². The van der Waals surface area contributed by atoms with Crippen LogP contribution in [0.25, 0.3) is 0 Å². The van der Waals surface area contributed by atoms with Crippen molar-refractivity contribution in [3.05, 3.63) is 23.3 Å². The molecule has 3 rings (SSSR count). The van der Waals surface area contributed by atoms with Crippen molar-refractivity contribution < 1.29 is 5.11 Å². The highest BCUT2D eigenvalue weighted by molar-refractivity contribution is 5.27. The number of hydrogen-bond donors (Lipinski definition) is 1. The molecule has 1 N–H and O–H groups in total. The Balaban J connectivity index is 1.63. The highest BCUT2D eigenvalue weighted by Gasteiger charge is 2.32. The van der Waals surface area contributed by atoms with Gasteiger partial charge < -0.3 is 10.0 Å². The predicted octanol–water partition coefficient (Wildman–Crippen LogP) is 3.28. The summed E-state index contributed by atoms with van der Waals surface area (Å²) in [6.45, 7) is 1.24. The topological polar surface area (TPSA) is 23.5 Å². The lowest BCUT2D eigenvalue weighted by Crippen LogP contribution is -2.40. The predicted molar refractivity (Wildman–Crippen MR) is 79.0 cm³/mol. The lowest BCUT2D eigenvalue weighted by molar-refractivity contribution is 0.0637. The Kier molecular flexibility index (Phi) is 4.09. The van der Waals surface area contributed by atoms with E-state index in [0.29, 0.717) is 12.0 Å². The fourth-order valence-electron chi connectivity index (χ4n) is 4.10. The van der Waals surface area contributed by atoms with E-state index in [-0.39, 0.29) is 6.10 Å². The Labute approximate surface area is 117 Å². The van der Waals surface area contributed by atoms with Crippen LogP contribution in [0.5, 0.6) is 0 Å². The molecule has 1 aliphatic heterocycles. The molecule has 0 aromatic carbocycles. The number of nitrogens with zero attached hydrogens (tertiary/aromatic N) is 1. The van der Waals surface area contributed by atoms with Gasteiger partial charge in [-0.15, -0.1) is 0 Å². The minimum absolute atomic E-state index is 0.0967. The third kappa shape index (κ3) is 2.95. The van der Waals surface area contributed by atoms with Crippen LogP contribution in [0.4, 0.5) is 0 Å². The number of aliphatic hydroxyl groups excluding tert-OH is 1. The van der Waals surface area contributed by atoms with E-state index >= 15 is 0 Å². The molecule has 2 heteroatoms. The van der Waals surface area contributed by atoms with Crippen LogP contribution >= 0.6 is 0 Å². The summed E-state index contributed by atoms with van der Waals surface area (Å²) in [5.41, 5.74) is 3.17. The molecule has 0 spiro atoms. The van der Waals surface area contributed by atoms with Crippen LogP contribution in [0.3, 0.4) is 0 Å². The van der Waals surface area contributed by atoms with Crippen molar-refractivity contribution in [3.8, 4) is 0 Å². The van der Waals surface area contributed by atoms with Crippen molar-refractivity contribution in [3.63, 3.8) is 0 Å². The first-order valence-electron chi connectivity index (χ1n) is 7.97. The smallest absolute Gasteiger partial charge is 0.0609 e. The van der Waals surface area contributed by atoms with Gasteiger partial charge in [-0.2, -0.15) is 0 Å². The normalized spacial score (nSPS) is 36.4. The summed E-state index contributed by atoms with van der Waals surface area (Å²) in [5, 5.41) is 10.4. The van der Waals surface area contributed by atoms with Gasteiger partial charge in [0.05, 0.1) is 6.10 Å². The molecule has 0 aromatic rings. The molecule has 1 saturated heterocycles. The molecule has 3 atom stereocenters. The van der Waals surface area contributed by atoms with Gasteiger partial charge in [0.2, 0.25) is 0 Å². The number of hydrogen-bond acceptors (Lipinski definition) is 2. The maximum Gasteiger partial charge on any atom is 0.0609 e. The van der Waals surface area contributed by atoms with Gasteiger partial charge in [-0.3, -0.25) is 0 Å². The molecule has 0 bridgehead atoms. The van der Waals surface area contributed by atoms with E-state index in [1.807, 2.05) is 0 Å². The summed E-state index contributed by atoms with van der Waals surface area (Å²) in [4.78, 5) is 2.51. The maximum atomic E-state index is 10.4. The number of likely N-dealkylation sites (tertiary alicyclic amines) is 1. The second-order valence-electron chi connectivity index (χ2n) is 6.69. The first-order chi connectivity index (χ1) is 9.24. The molecule has 0 aromatic heterocycles. The van der Waals surface area contributed by atoms with E-state index in [2.05, 4.69) is 24.1 Å². The Morgan fingerprint density at radius 1 is 1.16 bits per heavy atom. The Bertz CT molecular complexity index is 385. The van der Waals surface area contributed by atoms with Crippen molar-refractivity contribution in [1.82, 2.24) is 4.90 Å². The Morgan fingerprint density at radius 3 is 2.63 bits per heavy atom. The van der Waals surface area contributed by atoms with Crippen molar-refractivity contribution in [1.29, 1.82) is 0 Å². The Hall–Kier alpha value is -0.600. The van der Waals surface area contributed by atoms with Gasteiger partial charge in [-0.05, 0) is 64.5 Å². The van der Waals surface area contributed by atoms with Crippen LogP contribution < -0.4 is 0 Å². The molecular weight excluding hydrogens is 234 g/mol. The van der Waals surface area contributed by atoms with Gasteiger partial charge in [0, 0.05) is 6.04 Å². The van der Waals surface area contributed by atoms with E-state index < -0.39 is 0 Å². The molecule has 0 saturated carbocycles. The van der Waals surface area contributed by atoms with E-state index in [9.17, 15) is 5.11 Å². The summed E-state index contributed by atoms with van der Waals surface area (Å²) < 4.78 is 0. The van der Waals surface area contributed by atoms with Crippen LogP contribution in [0.1, 0.15) is 51.4 Å². The first kappa shape index (κ1) is 13.4. The van der Waals surface area contributed by atoms with E-state index in [1.54, 1.807) is 5.57 Å². The molecule has 3 aliphatic rings. The van der Waals surface area contributed by atoms with Crippen LogP contribution in [0, 0.1) is 5.92 Å². The third-order valence-electron chi connectivity index (χ3n) is 5.40. The van der Waals surface area contributed by atoms with Crippen molar-refractivity contribution in [2.75, 3.05) is 13.6 Å². The highest BCUT2D eigenvalue weighted by atomic mass is 16.3. The maximum absolute atomic E-state index is 10.4. The number of rotatable bonds is 2. The highest BCUT2D eigenvalue weighted by Crippen LogP contribution is 2.39. The summed E-state index contributed by atoms with van der Waals surface area (Å²) in [6.07, 6.45) is 14.0. The summed E-state index contributed by atoms with van der Waals surface area (Å²) in [5.74, 6) is 0.496. The van der Waals surface area contributed by atoms with Gasteiger partial charge in [0.15, 0.2) is 0 Å². The van der Waals surface area contributed by atoms with Gasteiger partial charge >= 0.3 is 0 Å². The molecule has 106 valence electrons. The minimum atomic E-state index is -0.0967. The number of aliphatic hydroxyl groups is 1. The standard InChI is InChI=1S/C17H27NO/c1-18-9-5-4-8-16(18)11-15-10-13-6-2-3-7-14(13)12-17(15)19/h2-3,15-17,19H,4-12H2,1H3/t15-,16?,17+/m1/s1. The number of allylic oxidation sites excluding steroid dienone is 3. The van der Waals surface area contributed by atoms with Gasteiger partial charge in [0.1, 0.15) is 0 Å². The Morgan fingerprint density at radius 2 is 1.89 bits per heavy atom. The zero-order chi connectivity index (χ0) is 13.2. The molecule has 2 aliphatic carbocycles. The van der Waals surface area contributed by atoms with Crippen molar-refractivity contribution in [2.45, 2.75) is 63.5 Å². The monoisotopic (exact) mass is 261 g/mol. The lowest BCUT2D eigenvalue weighted by Gasteiger charge is -2.39. The first-order valence-corrected chi connectivity index (χ1v) is 7.97. The van der Waals surface area contributed by atoms with E-state index in [0.717, 1.165) is 25.7 Å². The van der Waals surface area contributed by atoms with Gasteiger partial charge in [-0.1, -0.05) is 29.7 Å². The SMILES string of the molecule is CN1CCCCC1C[C@H]1CC2=C(CC=CC2)C[C@@H]1O. The molecule has 19 heavy (non-hydrogen) atoms. The average Bonchev–Trinajstić information content (AvgIpc) is 2.42. The molecule has 1 unspecified atom stereocenters. The summed E-state index contributed by atoms with van der Waals surface area (Å²) >= 11 is 0. The van der Waals surface area contributed by atoms with Gasteiger partial charge in [-0.25, -0.2) is 0 Å². The quantitative estimate of drug-likeness (QED) is 0.771. The second-order valence-corrected chi connectivity index (χ2v) is 6.69. The van der Waals surface area contributed by atoms with E-state index in [4.69, 9.17) is 0 Å². The minimum Gasteiger partial charge on any atom is -0.392 e. The molecule has 1 heterocycles. The van der Waals surface area contributed by atoms with Gasteiger partial charge in [0.25, 0.3) is 0 Å². The molecule has 1 fully saturated rings. The van der Waals surface area contributed by atoms with Crippen LogP contribution in [-0.4, -0.2) is 35.7 Å². The lowest BCUT2D eigenvalue weighted by atomic mass is 9.75. The average molecular weight is 261 g/mol. The fraction of sp³-hybridized carbons (Fsp3) is 0.765. The van der Waals surface area contributed by atoms with Crippen LogP contribution in [0.2, 0.25) is 0 Å². The molecular formula is C17H27NO. The molecule has 2 nitrogen and oxygen atoms in total. The fourth-order valence-corrected chi connectivity index (χ4v) is 4.10. The zero-order valence-electron chi connectivity index (χ0n) is 12.1. The van der Waals surface area contributed by atoms with Crippen LogP contribution in [0.15, 0.2) is 23.3 Å². The largest absolute Gasteiger partial charge is 0.392 e. The molecule has 0 radical (unpaired) electrons. The third-order valence-corrected chi connectivity index (χ3v) is 5.40. The van der Waals surface area contributed by atoms with Crippen molar-refractivity contribution in [2.24, 2.45) is 5.92 Å². The summed E-state index contributed by atoms with van der Waals surface area (Å²) in [6, 6.07) is 0.703. The second kappa shape index (κ2) is 5.80. The van der Waals surface area contributed by atoms with Crippen LogP contribution in [-0.2, 0) is 0 Å². The molecule has 0 amide bonds. The zero-order valence-corrected chi connectivity index (χ0v) is 12.1. The number of piperidine rings is 1.